The number of halogens is 3. The Morgan fingerprint density at radius 3 is 2.07 bits per heavy atom. The molecule has 0 amide bonds. The van der Waals surface area contributed by atoms with Crippen LogP contribution in [0.25, 0.3) is 0 Å². The summed E-state index contributed by atoms with van der Waals surface area (Å²) in [7, 11) is -12.7. The predicted octanol–water partition coefficient (Wildman–Crippen LogP) is 4.12. The fraction of sp³-hybridized carbons (Fsp3) is 0.222. The number of hydrogen-bond acceptors (Lipinski definition) is 8. The first kappa shape index (κ1) is 32.2. The van der Waals surface area contributed by atoms with Crippen LogP contribution in [0.2, 0.25) is 0 Å². The van der Waals surface area contributed by atoms with Crippen molar-refractivity contribution in [1.82, 2.24) is 14.3 Å². The van der Waals surface area contributed by atoms with Gasteiger partial charge in [0.05, 0.1) is 26.6 Å². The summed E-state index contributed by atoms with van der Waals surface area (Å²) in [5.74, 6) is 0. The summed E-state index contributed by atoms with van der Waals surface area (Å²) in [6.45, 7) is 0.584. The van der Waals surface area contributed by atoms with Gasteiger partial charge >= 0.3 is 6.18 Å². The Morgan fingerprint density at radius 2 is 1.49 bits per heavy atom. The Kier molecular flexibility index (Phi) is 9.34. The molecule has 0 radical (unpaired) electrons. The fourth-order valence-corrected chi connectivity index (χ4v) is 8.11. The van der Waals surface area contributed by atoms with E-state index < -0.39 is 56.1 Å². The lowest BCUT2D eigenvalue weighted by Crippen LogP contribution is -2.27. The van der Waals surface area contributed by atoms with Crippen molar-refractivity contribution in [2.75, 3.05) is 18.1 Å². The lowest BCUT2D eigenvalue weighted by Gasteiger charge is -2.13. The third kappa shape index (κ3) is 8.01. The molecule has 0 aliphatic carbocycles. The number of sulfonamides is 1. The zero-order valence-electron chi connectivity index (χ0n) is 22.6. The minimum Gasteiger partial charge on any atom is -0.381 e. The lowest BCUT2D eigenvalue weighted by atomic mass is 10.1. The first-order valence-corrected chi connectivity index (χ1v) is 17.5. The van der Waals surface area contributed by atoms with Crippen LogP contribution in [0.4, 0.5) is 18.9 Å². The summed E-state index contributed by atoms with van der Waals surface area (Å²) in [5.41, 5.74) is 0.280. The van der Waals surface area contributed by atoms with Gasteiger partial charge in [-0.05, 0) is 66.6 Å². The molecule has 16 heteroatoms. The molecule has 0 unspecified atom stereocenters. The van der Waals surface area contributed by atoms with Gasteiger partial charge in [0.1, 0.15) is 4.90 Å². The van der Waals surface area contributed by atoms with Crippen molar-refractivity contribution in [3.63, 3.8) is 0 Å². The van der Waals surface area contributed by atoms with Crippen LogP contribution in [-0.2, 0) is 49.0 Å². The third-order valence-corrected chi connectivity index (χ3v) is 10.9. The molecule has 230 valence electrons. The number of sulfone groups is 2. The highest BCUT2D eigenvalue weighted by Crippen LogP contribution is 2.30. The third-order valence-electron chi connectivity index (χ3n) is 6.30. The van der Waals surface area contributed by atoms with Gasteiger partial charge in [-0.25, -0.2) is 35.0 Å². The normalized spacial score (nSPS) is 12.7. The van der Waals surface area contributed by atoms with Crippen molar-refractivity contribution < 1.29 is 38.4 Å². The van der Waals surface area contributed by atoms with Gasteiger partial charge in [-0.1, -0.05) is 12.1 Å². The monoisotopic (exact) mass is 656 g/mol. The van der Waals surface area contributed by atoms with Crippen LogP contribution in [0.5, 0.6) is 0 Å². The molecule has 1 aromatic heterocycles. The van der Waals surface area contributed by atoms with Gasteiger partial charge in [0.15, 0.2) is 9.84 Å². The van der Waals surface area contributed by atoms with E-state index in [1.165, 1.54) is 36.4 Å². The Morgan fingerprint density at radius 1 is 0.837 bits per heavy atom. The maximum atomic E-state index is 13.4. The first-order chi connectivity index (χ1) is 20.1. The van der Waals surface area contributed by atoms with Gasteiger partial charge in [-0.15, -0.1) is 0 Å². The van der Waals surface area contributed by atoms with Gasteiger partial charge in [0, 0.05) is 44.0 Å². The number of rotatable bonds is 12. The SMILES string of the molecule is CS(=O)(=O)c1ccc(S(=O)(=O)c2ccc(NCc3ccc(C(F)(F)F)cc3)cc2)cc1S(=O)(=O)NCCCn1ccnc1. The van der Waals surface area contributed by atoms with E-state index in [1.54, 1.807) is 23.3 Å². The molecule has 0 aliphatic heterocycles. The number of nitrogens with zero attached hydrogens (tertiary/aromatic N) is 2. The topological polar surface area (TPSA) is 144 Å². The molecule has 1 heterocycles. The predicted molar refractivity (Wildman–Crippen MR) is 152 cm³/mol. The minimum absolute atomic E-state index is 0.0401. The van der Waals surface area contributed by atoms with Crippen LogP contribution in [0.15, 0.2) is 105 Å². The van der Waals surface area contributed by atoms with Crippen LogP contribution >= 0.6 is 0 Å². The molecule has 4 rings (SSSR count). The molecule has 10 nitrogen and oxygen atoms in total. The van der Waals surface area contributed by atoms with Crippen LogP contribution < -0.4 is 10.0 Å². The highest BCUT2D eigenvalue weighted by molar-refractivity contribution is 7.93. The van der Waals surface area contributed by atoms with Gasteiger partial charge in [0.25, 0.3) is 0 Å². The van der Waals surface area contributed by atoms with Gasteiger partial charge in [-0.3, -0.25) is 0 Å². The number of benzene rings is 3. The largest absolute Gasteiger partial charge is 0.416 e. The maximum absolute atomic E-state index is 13.4. The highest BCUT2D eigenvalue weighted by Gasteiger charge is 2.30. The van der Waals surface area contributed by atoms with Crippen LogP contribution in [0.3, 0.4) is 0 Å². The molecular weight excluding hydrogens is 630 g/mol. The maximum Gasteiger partial charge on any atom is 0.416 e. The van der Waals surface area contributed by atoms with E-state index in [-0.39, 0.29) is 18.0 Å². The zero-order chi connectivity index (χ0) is 31.5. The molecule has 0 saturated carbocycles. The van der Waals surface area contributed by atoms with Crippen LogP contribution in [0.1, 0.15) is 17.5 Å². The molecule has 4 aromatic rings. The molecule has 43 heavy (non-hydrogen) atoms. The average molecular weight is 657 g/mol. The van der Waals surface area contributed by atoms with Crippen molar-refractivity contribution in [2.45, 2.75) is 45.3 Å². The number of hydrogen-bond donors (Lipinski definition) is 2. The smallest absolute Gasteiger partial charge is 0.381 e. The Hall–Kier alpha value is -3.73. The Bertz CT molecular complexity index is 1890. The molecule has 3 aromatic carbocycles. The van der Waals surface area contributed by atoms with Gasteiger partial charge in [0.2, 0.25) is 19.9 Å². The molecule has 0 aliphatic rings. The summed E-state index contributed by atoms with van der Waals surface area (Å²) < 4.78 is 120. The quantitative estimate of drug-likeness (QED) is 0.217. The standard InChI is InChI=1S/C27H27F3N4O6S3/c1-41(35,36)25-12-11-24(17-26(25)43(39,40)33-13-2-15-34-16-14-31-19-34)42(37,38)23-9-7-22(8-10-23)32-18-20-3-5-21(6-4-20)27(28,29)30/h3-12,14,16-17,19,32-33H,2,13,15,18H2,1H3. The summed E-state index contributed by atoms with van der Waals surface area (Å²) in [5, 5.41) is 2.99. The number of aromatic nitrogens is 2. The van der Waals surface area contributed by atoms with E-state index >= 15 is 0 Å². The number of aryl methyl sites for hydroxylation is 1. The van der Waals surface area contributed by atoms with Crippen molar-refractivity contribution in [3.05, 3.63) is 96.6 Å². The number of nitrogens with one attached hydrogen (secondary N) is 2. The van der Waals surface area contributed by atoms with Crippen LogP contribution in [-0.4, -0.2) is 47.6 Å². The number of imidazole rings is 1. The van der Waals surface area contributed by atoms with E-state index in [0.717, 1.165) is 36.6 Å². The van der Waals surface area contributed by atoms with Crippen molar-refractivity contribution >= 4 is 35.4 Å². The molecule has 0 fully saturated rings. The average Bonchev–Trinajstić information content (AvgIpc) is 3.47. The molecule has 0 spiro atoms. The van der Waals surface area contributed by atoms with Crippen molar-refractivity contribution in [2.24, 2.45) is 0 Å². The zero-order valence-corrected chi connectivity index (χ0v) is 25.1. The van der Waals surface area contributed by atoms with E-state index in [0.29, 0.717) is 24.2 Å². The van der Waals surface area contributed by atoms with E-state index in [2.05, 4.69) is 15.0 Å². The van der Waals surface area contributed by atoms with Crippen LogP contribution in [0, 0.1) is 0 Å². The van der Waals surface area contributed by atoms with Crippen molar-refractivity contribution in [3.8, 4) is 0 Å². The molecule has 0 saturated heterocycles. The number of alkyl halides is 3. The van der Waals surface area contributed by atoms with E-state index in [1.807, 2.05) is 0 Å². The fourth-order valence-electron chi connectivity index (χ4n) is 4.04. The second-order valence-electron chi connectivity index (χ2n) is 9.51. The van der Waals surface area contributed by atoms with Gasteiger partial charge in [-0.2, -0.15) is 13.2 Å². The molecule has 2 N–H and O–H groups in total. The van der Waals surface area contributed by atoms with E-state index in [4.69, 9.17) is 0 Å². The van der Waals surface area contributed by atoms with Crippen molar-refractivity contribution in [1.29, 1.82) is 0 Å². The highest BCUT2D eigenvalue weighted by atomic mass is 32.2. The molecule has 0 bridgehead atoms. The Balaban J connectivity index is 1.52. The molecular formula is C27H27F3N4O6S3. The summed E-state index contributed by atoms with van der Waals surface area (Å²) >= 11 is 0. The summed E-state index contributed by atoms with van der Waals surface area (Å²) in [6.07, 6.45) is 1.58. The second kappa shape index (κ2) is 12.5. The minimum atomic E-state index is -4.44. The summed E-state index contributed by atoms with van der Waals surface area (Å²) in [4.78, 5) is 2.05. The Labute approximate surface area is 247 Å². The van der Waals surface area contributed by atoms with Gasteiger partial charge < -0.3 is 9.88 Å². The second-order valence-corrected chi connectivity index (χ2v) is 15.2. The van der Waals surface area contributed by atoms with E-state index in [9.17, 15) is 38.4 Å². The first-order valence-electron chi connectivity index (χ1n) is 12.6. The summed E-state index contributed by atoms with van der Waals surface area (Å²) in [6, 6.07) is 12.8. The molecule has 0 atom stereocenters. The number of anilines is 1. The lowest BCUT2D eigenvalue weighted by molar-refractivity contribution is -0.137.